The quantitative estimate of drug-likeness (QED) is 0.381. The van der Waals surface area contributed by atoms with Crippen molar-refractivity contribution in [1.82, 2.24) is 9.97 Å². The Hall–Kier alpha value is -2.44. The molecule has 0 saturated carbocycles. The van der Waals surface area contributed by atoms with Crippen molar-refractivity contribution in [2.24, 2.45) is 5.92 Å². The largest absolute Gasteiger partial charge is 0.493 e. The van der Waals surface area contributed by atoms with Gasteiger partial charge in [-0.1, -0.05) is 37.6 Å². The Kier molecular flexibility index (Phi) is 7.23. The molecule has 0 bridgehead atoms. The summed E-state index contributed by atoms with van der Waals surface area (Å²) in [5.74, 6) is 2.86. The molecule has 0 radical (unpaired) electrons. The van der Waals surface area contributed by atoms with Crippen LogP contribution in [0, 0.1) is 5.92 Å². The van der Waals surface area contributed by atoms with Gasteiger partial charge in [-0.2, -0.15) is 0 Å². The summed E-state index contributed by atoms with van der Waals surface area (Å²) in [6.07, 6.45) is 0. The number of H-pyrrole nitrogens is 1. The predicted octanol–water partition coefficient (Wildman–Crippen LogP) is 5.43. The monoisotopic (exact) mass is 430 g/mol. The van der Waals surface area contributed by atoms with Gasteiger partial charge in [-0.05, 0) is 41.8 Å². The number of hydrogen-bond donors (Lipinski definition) is 1. The van der Waals surface area contributed by atoms with E-state index in [1.54, 1.807) is 7.11 Å². The molecule has 0 amide bonds. The summed E-state index contributed by atoms with van der Waals surface area (Å²) in [7, 11) is 1.59. The molecule has 0 spiro atoms. The van der Waals surface area contributed by atoms with Crippen LogP contribution in [0.5, 0.6) is 11.5 Å². The molecule has 5 nitrogen and oxygen atoms in total. The Morgan fingerprint density at radius 1 is 1.10 bits per heavy atom. The standard InChI is InChI=1S/C22H23ClN2O3S/c1-14(2)12-28-18-9-6-16(10-19(18)27-3)22-24-20(26)11-21(25-22)29-13-15-4-7-17(23)8-5-15/h4-11,14H,12-13H2,1-3H3,(H,24,25,26). The predicted molar refractivity (Wildman–Crippen MR) is 118 cm³/mol. The van der Waals surface area contributed by atoms with Crippen LogP contribution in [0.3, 0.4) is 0 Å². The SMILES string of the molecule is COc1cc(-c2nc(SCc3ccc(Cl)cc3)cc(=O)[nH]2)ccc1OCC(C)C. The summed E-state index contributed by atoms with van der Waals surface area (Å²) in [4.78, 5) is 19.6. The van der Waals surface area contributed by atoms with Crippen LogP contribution in [0.1, 0.15) is 19.4 Å². The van der Waals surface area contributed by atoms with Crippen LogP contribution in [0.25, 0.3) is 11.4 Å². The highest BCUT2D eigenvalue weighted by molar-refractivity contribution is 7.98. The Balaban J connectivity index is 1.81. The van der Waals surface area contributed by atoms with Crippen molar-refractivity contribution in [2.45, 2.75) is 24.6 Å². The van der Waals surface area contributed by atoms with Gasteiger partial charge in [0, 0.05) is 22.4 Å². The number of ether oxygens (including phenoxy) is 2. The van der Waals surface area contributed by atoms with E-state index < -0.39 is 0 Å². The normalized spacial score (nSPS) is 10.9. The van der Waals surface area contributed by atoms with Gasteiger partial charge in [0.2, 0.25) is 0 Å². The van der Waals surface area contributed by atoms with Gasteiger partial charge in [-0.15, -0.1) is 11.8 Å². The topological polar surface area (TPSA) is 64.2 Å². The van der Waals surface area contributed by atoms with Crippen LogP contribution in [-0.2, 0) is 5.75 Å². The summed E-state index contributed by atoms with van der Waals surface area (Å²) in [6.45, 7) is 4.77. The molecule has 0 fully saturated rings. The van der Waals surface area contributed by atoms with E-state index in [1.807, 2.05) is 42.5 Å². The summed E-state index contributed by atoms with van der Waals surface area (Å²) < 4.78 is 11.2. The first-order valence-electron chi connectivity index (χ1n) is 9.24. The molecule has 0 atom stereocenters. The smallest absolute Gasteiger partial charge is 0.252 e. The number of thioether (sulfide) groups is 1. The van der Waals surface area contributed by atoms with Crippen LogP contribution < -0.4 is 15.0 Å². The zero-order chi connectivity index (χ0) is 20.8. The van der Waals surface area contributed by atoms with E-state index in [-0.39, 0.29) is 5.56 Å². The zero-order valence-electron chi connectivity index (χ0n) is 16.6. The van der Waals surface area contributed by atoms with E-state index in [0.29, 0.717) is 45.6 Å². The first-order valence-corrected chi connectivity index (χ1v) is 10.6. The Bertz CT molecular complexity index is 1020. The second-order valence-corrected chi connectivity index (χ2v) is 8.35. The molecular weight excluding hydrogens is 408 g/mol. The lowest BCUT2D eigenvalue weighted by atomic mass is 10.2. The molecule has 3 rings (SSSR count). The van der Waals surface area contributed by atoms with Crippen molar-refractivity contribution in [3.8, 4) is 22.9 Å². The molecule has 152 valence electrons. The van der Waals surface area contributed by atoms with Gasteiger partial charge in [0.25, 0.3) is 5.56 Å². The van der Waals surface area contributed by atoms with Crippen molar-refractivity contribution < 1.29 is 9.47 Å². The molecule has 3 aromatic rings. The van der Waals surface area contributed by atoms with Crippen LogP contribution in [0.15, 0.2) is 58.4 Å². The summed E-state index contributed by atoms with van der Waals surface area (Å²) in [5.41, 5.74) is 1.66. The minimum atomic E-state index is -0.201. The van der Waals surface area contributed by atoms with Crippen LogP contribution in [0.2, 0.25) is 5.02 Å². The summed E-state index contributed by atoms with van der Waals surface area (Å²) in [5, 5.41) is 1.35. The van der Waals surface area contributed by atoms with Crippen molar-refractivity contribution >= 4 is 23.4 Å². The lowest BCUT2D eigenvalue weighted by Gasteiger charge is -2.13. The minimum absolute atomic E-state index is 0.201. The minimum Gasteiger partial charge on any atom is -0.493 e. The third-order valence-corrected chi connectivity index (χ3v) is 5.26. The summed E-state index contributed by atoms with van der Waals surface area (Å²) in [6, 6.07) is 14.7. The number of halogens is 1. The van der Waals surface area contributed by atoms with E-state index in [2.05, 4.69) is 23.8 Å². The second kappa shape index (κ2) is 9.85. The number of rotatable bonds is 8. The number of aromatic nitrogens is 2. The molecule has 29 heavy (non-hydrogen) atoms. The van der Waals surface area contributed by atoms with Crippen LogP contribution in [-0.4, -0.2) is 23.7 Å². The van der Waals surface area contributed by atoms with Gasteiger partial charge in [0.05, 0.1) is 13.7 Å². The zero-order valence-corrected chi connectivity index (χ0v) is 18.1. The van der Waals surface area contributed by atoms with Gasteiger partial charge in [-0.3, -0.25) is 4.79 Å². The van der Waals surface area contributed by atoms with E-state index in [4.69, 9.17) is 21.1 Å². The highest BCUT2D eigenvalue weighted by atomic mass is 35.5. The highest BCUT2D eigenvalue weighted by Gasteiger charge is 2.11. The molecule has 7 heteroatoms. The lowest BCUT2D eigenvalue weighted by molar-refractivity contribution is 0.257. The highest BCUT2D eigenvalue weighted by Crippen LogP contribution is 2.32. The number of hydrogen-bond acceptors (Lipinski definition) is 5. The van der Waals surface area contributed by atoms with E-state index >= 15 is 0 Å². The van der Waals surface area contributed by atoms with Gasteiger partial charge in [-0.25, -0.2) is 4.98 Å². The maximum atomic E-state index is 12.2. The first-order chi connectivity index (χ1) is 13.9. The third kappa shape index (κ3) is 6.02. The van der Waals surface area contributed by atoms with Gasteiger partial charge >= 0.3 is 0 Å². The molecule has 0 aliphatic rings. The number of methoxy groups -OCH3 is 1. The molecule has 1 N–H and O–H groups in total. The fourth-order valence-corrected chi connectivity index (χ4v) is 3.55. The number of aromatic amines is 1. The average molecular weight is 431 g/mol. The van der Waals surface area contributed by atoms with E-state index in [0.717, 1.165) is 11.1 Å². The Labute approximate surface area is 179 Å². The molecule has 1 heterocycles. The third-order valence-electron chi connectivity index (χ3n) is 4.03. The Morgan fingerprint density at radius 3 is 2.55 bits per heavy atom. The number of nitrogens with one attached hydrogen (secondary N) is 1. The van der Waals surface area contributed by atoms with Crippen molar-refractivity contribution in [3.05, 3.63) is 69.5 Å². The maximum absolute atomic E-state index is 12.2. The second-order valence-electron chi connectivity index (χ2n) is 6.92. The van der Waals surface area contributed by atoms with Gasteiger partial charge < -0.3 is 14.5 Å². The van der Waals surface area contributed by atoms with Crippen molar-refractivity contribution in [3.63, 3.8) is 0 Å². The number of benzene rings is 2. The molecule has 0 saturated heterocycles. The molecule has 0 aliphatic carbocycles. The van der Waals surface area contributed by atoms with Crippen LogP contribution >= 0.6 is 23.4 Å². The molecular formula is C22H23ClN2O3S. The van der Waals surface area contributed by atoms with Gasteiger partial charge in [0.15, 0.2) is 11.5 Å². The lowest BCUT2D eigenvalue weighted by Crippen LogP contribution is -2.09. The molecule has 1 aromatic heterocycles. The average Bonchev–Trinajstić information content (AvgIpc) is 2.71. The van der Waals surface area contributed by atoms with E-state index in [1.165, 1.54) is 17.8 Å². The molecule has 0 unspecified atom stereocenters. The van der Waals surface area contributed by atoms with Crippen molar-refractivity contribution in [2.75, 3.05) is 13.7 Å². The van der Waals surface area contributed by atoms with Crippen LogP contribution in [0.4, 0.5) is 0 Å². The van der Waals surface area contributed by atoms with E-state index in [9.17, 15) is 4.79 Å². The first kappa shape index (κ1) is 21.3. The summed E-state index contributed by atoms with van der Waals surface area (Å²) >= 11 is 7.42. The fourth-order valence-electron chi connectivity index (χ4n) is 2.57. The fraction of sp³-hybridized carbons (Fsp3) is 0.273. The molecule has 0 aliphatic heterocycles. The van der Waals surface area contributed by atoms with Gasteiger partial charge in [0.1, 0.15) is 10.9 Å². The molecule has 2 aromatic carbocycles. The maximum Gasteiger partial charge on any atom is 0.252 e. The van der Waals surface area contributed by atoms with Crippen molar-refractivity contribution in [1.29, 1.82) is 0 Å². The number of nitrogens with zero attached hydrogens (tertiary/aromatic N) is 1. The Morgan fingerprint density at radius 2 is 1.86 bits per heavy atom.